The molecule has 1 atom stereocenters. The van der Waals surface area contributed by atoms with Crippen LogP contribution in [-0.4, -0.2) is 17.6 Å². The minimum absolute atomic E-state index is 0.307. The van der Waals surface area contributed by atoms with Crippen LogP contribution in [0, 0.1) is 13.8 Å². The standard InChI is InChI=1S/C10H17N3/c1-7-4-10(5-8(2)12-7)13-9(3)6-11/h4-5,9H,6,11H2,1-3H3,(H,12,13). The number of anilines is 1. The Morgan fingerprint density at radius 1 is 1.38 bits per heavy atom. The molecule has 1 rings (SSSR count). The van der Waals surface area contributed by atoms with Gasteiger partial charge in [-0.25, -0.2) is 0 Å². The Morgan fingerprint density at radius 2 is 1.92 bits per heavy atom. The molecule has 0 bridgehead atoms. The van der Waals surface area contributed by atoms with Crippen molar-refractivity contribution in [1.82, 2.24) is 4.98 Å². The molecule has 0 saturated heterocycles. The van der Waals surface area contributed by atoms with E-state index in [1.807, 2.05) is 26.0 Å². The molecule has 0 aliphatic carbocycles. The number of hydrogen-bond acceptors (Lipinski definition) is 3. The van der Waals surface area contributed by atoms with Gasteiger partial charge in [0.25, 0.3) is 0 Å². The van der Waals surface area contributed by atoms with Gasteiger partial charge in [0.2, 0.25) is 0 Å². The summed E-state index contributed by atoms with van der Waals surface area (Å²) in [6.07, 6.45) is 0. The topological polar surface area (TPSA) is 50.9 Å². The van der Waals surface area contributed by atoms with Crippen molar-refractivity contribution in [1.29, 1.82) is 0 Å². The first-order valence-electron chi connectivity index (χ1n) is 4.53. The zero-order valence-corrected chi connectivity index (χ0v) is 8.46. The molecule has 13 heavy (non-hydrogen) atoms. The Kier molecular flexibility index (Phi) is 3.25. The fraction of sp³-hybridized carbons (Fsp3) is 0.500. The molecule has 0 aliphatic rings. The third-order valence-corrected chi connectivity index (χ3v) is 1.85. The highest BCUT2D eigenvalue weighted by Gasteiger charge is 2.00. The molecule has 0 spiro atoms. The smallest absolute Gasteiger partial charge is 0.0396 e. The summed E-state index contributed by atoms with van der Waals surface area (Å²) in [5, 5.41) is 3.31. The van der Waals surface area contributed by atoms with Crippen molar-refractivity contribution >= 4 is 5.69 Å². The van der Waals surface area contributed by atoms with Gasteiger partial charge in [-0.2, -0.15) is 0 Å². The zero-order valence-electron chi connectivity index (χ0n) is 8.46. The van der Waals surface area contributed by atoms with Crippen LogP contribution in [-0.2, 0) is 0 Å². The second-order valence-electron chi connectivity index (χ2n) is 3.42. The van der Waals surface area contributed by atoms with E-state index < -0.39 is 0 Å². The summed E-state index contributed by atoms with van der Waals surface area (Å²) in [6, 6.07) is 4.36. The molecule has 1 heterocycles. The maximum Gasteiger partial charge on any atom is 0.0396 e. The molecule has 0 fully saturated rings. The lowest BCUT2D eigenvalue weighted by Gasteiger charge is -2.13. The minimum Gasteiger partial charge on any atom is -0.381 e. The third-order valence-electron chi connectivity index (χ3n) is 1.85. The number of aromatic nitrogens is 1. The highest BCUT2D eigenvalue weighted by Crippen LogP contribution is 2.11. The van der Waals surface area contributed by atoms with E-state index in [1.54, 1.807) is 0 Å². The van der Waals surface area contributed by atoms with Crippen molar-refractivity contribution in [2.45, 2.75) is 26.8 Å². The van der Waals surface area contributed by atoms with Gasteiger partial charge in [-0.3, -0.25) is 4.98 Å². The average Bonchev–Trinajstić information content (AvgIpc) is 2.02. The second kappa shape index (κ2) is 4.23. The normalized spacial score (nSPS) is 12.6. The first kappa shape index (κ1) is 9.99. The van der Waals surface area contributed by atoms with E-state index in [2.05, 4.69) is 17.2 Å². The van der Waals surface area contributed by atoms with Gasteiger partial charge in [-0.05, 0) is 32.9 Å². The van der Waals surface area contributed by atoms with Crippen LogP contribution in [0.4, 0.5) is 5.69 Å². The number of nitrogens with one attached hydrogen (secondary N) is 1. The van der Waals surface area contributed by atoms with Crippen LogP contribution < -0.4 is 11.1 Å². The molecule has 1 aromatic rings. The summed E-state index contributed by atoms with van der Waals surface area (Å²) in [4.78, 5) is 4.30. The van der Waals surface area contributed by atoms with E-state index in [0.717, 1.165) is 17.1 Å². The maximum atomic E-state index is 5.52. The van der Waals surface area contributed by atoms with Crippen LogP contribution in [0.3, 0.4) is 0 Å². The number of rotatable bonds is 3. The molecule has 3 heteroatoms. The van der Waals surface area contributed by atoms with E-state index in [4.69, 9.17) is 5.73 Å². The highest BCUT2D eigenvalue weighted by atomic mass is 14.9. The second-order valence-corrected chi connectivity index (χ2v) is 3.42. The molecule has 3 nitrogen and oxygen atoms in total. The van der Waals surface area contributed by atoms with E-state index in [-0.39, 0.29) is 0 Å². The Bertz CT molecular complexity index is 263. The van der Waals surface area contributed by atoms with E-state index in [0.29, 0.717) is 12.6 Å². The minimum atomic E-state index is 0.307. The Balaban J connectivity index is 2.77. The van der Waals surface area contributed by atoms with Crippen molar-refractivity contribution < 1.29 is 0 Å². The molecule has 3 N–H and O–H groups in total. The molecule has 0 aliphatic heterocycles. The lowest BCUT2D eigenvalue weighted by Crippen LogP contribution is -2.25. The van der Waals surface area contributed by atoms with Crippen molar-refractivity contribution in [2.75, 3.05) is 11.9 Å². The van der Waals surface area contributed by atoms with Crippen molar-refractivity contribution in [3.63, 3.8) is 0 Å². The Labute approximate surface area is 79.4 Å². The van der Waals surface area contributed by atoms with Crippen LogP contribution in [0.25, 0.3) is 0 Å². The average molecular weight is 179 g/mol. The van der Waals surface area contributed by atoms with Crippen LogP contribution in [0.15, 0.2) is 12.1 Å². The molecule has 1 unspecified atom stereocenters. The molecular formula is C10H17N3. The Hall–Kier alpha value is -1.09. The van der Waals surface area contributed by atoms with Gasteiger partial charge in [0.05, 0.1) is 0 Å². The summed E-state index contributed by atoms with van der Waals surface area (Å²) in [5.41, 5.74) is 8.69. The summed E-state index contributed by atoms with van der Waals surface area (Å²) < 4.78 is 0. The van der Waals surface area contributed by atoms with Crippen molar-refractivity contribution in [3.05, 3.63) is 23.5 Å². The lowest BCUT2D eigenvalue weighted by atomic mass is 10.2. The monoisotopic (exact) mass is 179 g/mol. The molecule has 72 valence electrons. The predicted octanol–water partition coefficient (Wildman–Crippen LogP) is 1.46. The molecule has 0 radical (unpaired) electrons. The van der Waals surface area contributed by atoms with E-state index in [1.165, 1.54) is 0 Å². The molecule has 0 aromatic carbocycles. The molecule has 0 amide bonds. The van der Waals surface area contributed by atoms with Gasteiger partial charge in [0.15, 0.2) is 0 Å². The molecule has 1 aromatic heterocycles. The fourth-order valence-electron chi connectivity index (χ4n) is 1.26. The summed E-state index contributed by atoms with van der Waals surface area (Å²) >= 11 is 0. The maximum absolute atomic E-state index is 5.52. The van der Waals surface area contributed by atoms with Crippen LogP contribution in [0.5, 0.6) is 0 Å². The first-order chi connectivity index (χ1) is 6.11. The number of pyridine rings is 1. The van der Waals surface area contributed by atoms with E-state index in [9.17, 15) is 0 Å². The van der Waals surface area contributed by atoms with Crippen molar-refractivity contribution in [2.24, 2.45) is 5.73 Å². The van der Waals surface area contributed by atoms with Crippen LogP contribution in [0.1, 0.15) is 18.3 Å². The van der Waals surface area contributed by atoms with E-state index >= 15 is 0 Å². The van der Waals surface area contributed by atoms with Gasteiger partial charge in [0.1, 0.15) is 0 Å². The quantitative estimate of drug-likeness (QED) is 0.738. The van der Waals surface area contributed by atoms with Gasteiger partial charge in [-0.15, -0.1) is 0 Å². The molecule has 0 saturated carbocycles. The van der Waals surface area contributed by atoms with Crippen molar-refractivity contribution in [3.8, 4) is 0 Å². The number of nitrogens with two attached hydrogens (primary N) is 1. The summed E-state index contributed by atoms with van der Waals surface area (Å²) in [5.74, 6) is 0. The van der Waals surface area contributed by atoms with Gasteiger partial charge in [-0.1, -0.05) is 0 Å². The fourth-order valence-corrected chi connectivity index (χ4v) is 1.26. The van der Waals surface area contributed by atoms with Crippen LogP contribution in [0.2, 0.25) is 0 Å². The largest absolute Gasteiger partial charge is 0.381 e. The molecular weight excluding hydrogens is 162 g/mol. The predicted molar refractivity (Wildman–Crippen MR) is 55.9 cm³/mol. The SMILES string of the molecule is Cc1cc(NC(C)CN)cc(C)n1. The van der Waals surface area contributed by atoms with Crippen LogP contribution >= 0.6 is 0 Å². The zero-order chi connectivity index (χ0) is 9.84. The number of aryl methyl sites for hydroxylation is 2. The highest BCUT2D eigenvalue weighted by molar-refractivity contribution is 5.45. The van der Waals surface area contributed by atoms with Gasteiger partial charge >= 0.3 is 0 Å². The first-order valence-corrected chi connectivity index (χ1v) is 4.53. The number of hydrogen-bond donors (Lipinski definition) is 2. The van der Waals surface area contributed by atoms with Gasteiger partial charge in [0, 0.05) is 29.7 Å². The summed E-state index contributed by atoms with van der Waals surface area (Å²) in [6.45, 7) is 6.68. The number of nitrogens with zero attached hydrogens (tertiary/aromatic N) is 1. The Morgan fingerprint density at radius 3 is 2.38 bits per heavy atom. The third kappa shape index (κ3) is 3.03. The van der Waals surface area contributed by atoms with Gasteiger partial charge < -0.3 is 11.1 Å². The lowest BCUT2D eigenvalue weighted by molar-refractivity contribution is 0.803. The summed E-state index contributed by atoms with van der Waals surface area (Å²) in [7, 11) is 0.